The lowest BCUT2D eigenvalue weighted by molar-refractivity contribution is -0.144. The van der Waals surface area contributed by atoms with Crippen LogP contribution in [0.5, 0.6) is 0 Å². The van der Waals surface area contributed by atoms with Crippen molar-refractivity contribution in [2.75, 3.05) is 45.5 Å². The van der Waals surface area contributed by atoms with Crippen molar-refractivity contribution in [3.63, 3.8) is 0 Å². The zero-order valence-electron chi connectivity index (χ0n) is 25.4. The summed E-state index contributed by atoms with van der Waals surface area (Å²) in [4.78, 5) is 34.8. The molecule has 2 aliphatic carbocycles. The minimum Gasteiger partial charge on any atom is -0.329 e. The van der Waals surface area contributed by atoms with Gasteiger partial charge in [-0.25, -0.2) is 0 Å². The molecule has 2 atom stereocenters. The van der Waals surface area contributed by atoms with E-state index in [9.17, 15) is 9.59 Å². The number of hydrogen-bond donors (Lipinski definition) is 0. The molecule has 2 heterocycles. The first kappa shape index (κ1) is 31.8. The Morgan fingerprint density at radius 3 is 2.76 bits per heavy atom. The average Bonchev–Trinajstić information content (AvgIpc) is 3.18. The molecule has 1 saturated carbocycles. The maximum atomic E-state index is 14.3. The minimum absolute atomic E-state index is 0.119. The summed E-state index contributed by atoms with van der Waals surface area (Å²) in [5.41, 5.74) is 4.16. The Bertz CT molecular complexity index is 1070. The van der Waals surface area contributed by atoms with Crippen LogP contribution in [0, 0.1) is 5.92 Å². The molecule has 5 nitrogen and oxygen atoms in total. The molecular formula is C35H51N3O2S. The summed E-state index contributed by atoms with van der Waals surface area (Å²) >= 11 is 1.96. The summed E-state index contributed by atoms with van der Waals surface area (Å²) < 4.78 is 0. The number of thioether (sulfide) groups is 1. The Morgan fingerprint density at radius 1 is 1.17 bits per heavy atom. The summed E-state index contributed by atoms with van der Waals surface area (Å²) in [7, 11) is 2.13. The van der Waals surface area contributed by atoms with Crippen LogP contribution in [0.1, 0.15) is 71.1 Å². The second-order valence-corrected chi connectivity index (χ2v) is 13.2. The van der Waals surface area contributed by atoms with Crippen molar-refractivity contribution in [1.29, 1.82) is 0 Å². The van der Waals surface area contributed by atoms with E-state index in [-0.39, 0.29) is 11.9 Å². The van der Waals surface area contributed by atoms with Crippen LogP contribution in [0.3, 0.4) is 0 Å². The fourth-order valence-electron chi connectivity index (χ4n) is 6.76. The standard InChI is InChI=1S/C35H51N3O2S/c1-4-6-10-19-30-27-41-34(5-2)32(30)25-37-20-21-38(31(24-37)26-39)35(40)33(22-28-15-11-7-8-12-16-28)36(3)23-29-17-13-9-14-18-29/h4,7-8,11-12,15,19,26,29,31,33H,1,5-6,9-10,13-14,16-18,20-25,27H2,2-3H3/b30-19+. The van der Waals surface area contributed by atoms with Crippen LogP contribution in [-0.4, -0.2) is 84.5 Å². The number of nitrogens with zero attached hydrogens (tertiary/aromatic N) is 3. The van der Waals surface area contributed by atoms with Crippen LogP contribution in [0.15, 0.2) is 70.7 Å². The Labute approximate surface area is 253 Å². The summed E-state index contributed by atoms with van der Waals surface area (Å²) in [6.45, 7) is 9.92. The highest BCUT2D eigenvalue weighted by Gasteiger charge is 2.37. The molecule has 0 N–H and O–H groups in total. The Kier molecular flexibility index (Phi) is 12.8. The number of carbonyl (C=O) groups excluding carboxylic acids is 2. The highest BCUT2D eigenvalue weighted by Crippen LogP contribution is 2.38. The van der Waals surface area contributed by atoms with Crippen molar-refractivity contribution in [1.82, 2.24) is 14.7 Å². The number of allylic oxidation sites excluding steroid dienone is 8. The van der Waals surface area contributed by atoms with Gasteiger partial charge in [-0.15, -0.1) is 18.3 Å². The first-order valence-electron chi connectivity index (χ1n) is 15.9. The van der Waals surface area contributed by atoms with Gasteiger partial charge >= 0.3 is 0 Å². The molecule has 1 saturated heterocycles. The SMILES string of the molecule is C=CCC/C=C1\CSC(CC)=C1CN1CCN(C(=O)C(CC2=CC=CC=CC2)N(C)CC2CCCCC2)C(C=O)C1. The van der Waals surface area contributed by atoms with Crippen LogP contribution in [-0.2, 0) is 9.59 Å². The molecule has 2 aliphatic heterocycles. The number of amides is 1. The van der Waals surface area contributed by atoms with Crippen LogP contribution in [0.2, 0.25) is 0 Å². The van der Waals surface area contributed by atoms with Crippen molar-refractivity contribution in [2.45, 2.75) is 83.2 Å². The van der Waals surface area contributed by atoms with E-state index in [1.165, 1.54) is 53.7 Å². The molecule has 4 aliphatic rings. The number of likely N-dealkylation sites (N-methyl/N-ethyl adjacent to an activating group) is 1. The van der Waals surface area contributed by atoms with E-state index in [1.807, 2.05) is 22.7 Å². The molecule has 1 amide bonds. The number of hydrogen-bond acceptors (Lipinski definition) is 5. The molecule has 0 spiro atoms. The van der Waals surface area contributed by atoms with Crippen LogP contribution in [0.4, 0.5) is 0 Å². The van der Waals surface area contributed by atoms with Gasteiger partial charge in [-0.05, 0) is 74.0 Å². The second-order valence-electron chi connectivity index (χ2n) is 12.1. The van der Waals surface area contributed by atoms with Crippen molar-refractivity contribution < 1.29 is 9.59 Å². The average molecular weight is 578 g/mol. The smallest absolute Gasteiger partial charge is 0.240 e. The molecule has 0 radical (unpaired) electrons. The van der Waals surface area contributed by atoms with E-state index in [1.54, 1.807) is 0 Å². The summed E-state index contributed by atoms with van der Waals surface area (Å²) in [6.07, 6.45) is 27.0. The highest BCUT2D eigenvalue weighted by molar-refractivity contribution is 8.03. The molecular weight excluding hydrogens is 526 g/mol. The predicted octanol–water partition coefficient (Wildman–Crippen LogP) is 6.71. The molecule has 0 aromatic heterocycles. The largest absolute Gasteiger partial charge is 0.329 e. The van der Waals surface area contributed by atoms with E-state index in [2.05, 4.69) is 66.8 Å². The molecule has 4 rings (SSSR count). The Hall–Kier alpha value is -2.15. The van der Waals surface area contributed by atoms with Crippen molar-refractivity contribution >= 4 is 24.0 Å². The van der Waals surface area contributed by atoms with Gasteiger partial charge < -0.3 is 9.69 Å². The summed E-state index contributed by atoms with van der Waals surface area (Å²) in [5.74, 6) is 1.82. The van der Waals surface area contributed by atoms with E-state index in [0.29, 0.717) is 25.4 Å². The molecule has 41 heavy (non-hydrogen) atoms. The first-order valence-corrected chi connectivity index (χ1v) is 16.9. The number of unbranched alkanes of at least 4 members (excludes halogenated alkanes) is 1. The molecule has 0 bridgehead atoms. The Morgan fingerprint density at radius 2 is 2.00 bits per heavy atom. The quantitative estimate of drug-likeness (QED) is 0.138. The Balaban J connectivity index is 1.46. The zero-order valence-corrected chi connectivity index (χ0v) is 26.3. The lowest BCUT2D eigenvalue weighted by atomic mass is 9.88. The third kappa shape index (κ3) is 8.92. The topological polar surface area (TPSA) is 43.9 Å². The molecule has 0 aromatic carbocycles. The third-order valence-corrected chi connectivity index (χ3v) is 10.5. The predicted molar refractivity (Wildman–Crippen MR) is 174 cm³/mol. The normalized spacial score (nSPS) is 24.2. The van der Waals surface area contributed by atoms with Crippen LogP contribution < -0.4 is 0 Å². The monoisotopic (exact) mass is 577 g/mol. The second kappa shape index (κ2) is 16.5. The molecule has 2 fully saturated rings. The lowest BCUT2D eigenvalue weighted by Gasteiger charge is -2.42. The van der Waals surface area contributed by atoms with Gasteiger partial charge in [0.25, 0.3) is 0 Å². The number of rotatable bonds is 13. The zero-order chi connectivity index (χ0) is 29.0. The van der Waals surface area contributed by atoms with E-state index in [4.69, 9.17) is 0 Å². The number of carbonyl (C=O) groups is 2. The van der Waals surface area contributed by atoms with Gasteiger partial charge in [-0.1, -0.05) is 74.3 Å². The third-order valence-electron chi connectivity index (χ3n) is 9.15. The lowest BCUT2D eigenvalue weighted by Crippen LogP contribution is -2.60. The summed E-state index contributed by atoms with van der Waals surface area (Å²) in [6, 6.07) is -0.644. The minimum atomic E-state index is -0.405. The van der Waals surface area contributed by atoms with E-state index >= 15 is 0 Å². The molecule has 2 unspecified atom stereocenters. The van der Waals surface area contributed by atoms with Crippen molar-refractivity contribution in [3.8, 4) is 0 Å². The van der Waals surface area contributed by atoms with Gasteiger partial charge in [-0.2, -0.15) is 0 Å². The number of piperazine rings is 1. The fourth-order valence-corrected chi connectivity index (χ4v) is 7.95. The van der Waals surface area contributed by atoms with Gasteiger partial charge in [0.05, 0.1) is 6.04 Å². The van der Waals surface area contributed by atoms with Crippen molar-refractivity contribution in [2.24, 2.45) is 5.92 Å². The first-order chi connectivity index (χ1) is 20.0. The maximum absolute atomic E-state index is 14.3. The molecule has 224 valence electrons. The highest BCUT2D eigenvalue weighted by atomic mass is 32.2. The van der Waals surface area contributed by atoms with Gasteiger partial charge in [-0.3, -0.25) is 14.6 Å². The number of aldehydes is 1. The van der Waals surface area contributed by atoms with E-state index in [0.717, 1.165) is 57.4 Å². The molecule has 0 aromatic rings. The van der Waals surface area contributed by atoms with Crippen LogP contribution >= 0.6 is 11.8 Å². The summed E-state index contributed by atoms with van der Waals surface area (Å²) in [5, 5.41) is 0. The fraction of sp³-hybridized carbons (Fsp3) is 0.600. The van der Waals surface area contributed by atoms with Crippen LogP contribution in [0.25, 0.3) is 0 Å². The van der Waals surface area contributed by atoms with Gasteiger partial charge in [0.1, 0.15) is 12.3 Å². The van der Waals surface area contributed by atoms with Gasteiger partial charge in [0, 0.05) is 38.5 Å². The van der Waals surface area contributed by atoms with Crippen molar-refractivity contribution in [3.05, 3.63) is 70.7 Å². The van der Waals surface area contributed by atoms with E-state index < -0.39 is 6.04 Å². The van der Waals surface area contributed by atoms with Gasteiger partial charge in [0.2, 0.25) is 5.91 Å². The van der Waals surface area contributed by atoms with Gasteiger partial charge in [0.15, 0.2) is 0 Å². The maximum Gasteiger partial charge on any atom is 0.240 e. The molecule has 6 heteroatoms.